The second-order valence-corrected chi connectivity index (χ2v) is 7.53. The number of ketones is 1. The van der Waals surface area contributed by atoms with Crippen LogP contribution in [0.3, 0.4) is 0 Å². The van der Waals surface area contributed by atoms with Crippen LogP contribution >= 0.6 is 11.3 Å². The zero-order valence-electron chi connectivity index (χ0n) is 16.2. The Bertz CT molecular complexity index is 1160. The van der Waals surface area contributed by atoms with E-state index in [-0.39, 0.29) is 11.3 Å². The number of hydrogen-bond donors (Lipinski definition) is 1. The van der Waals surface area contributed by atoms with Crippen molar-refractivity contribution in [3.8, 4) is 5.75 Å². The number of aliphatic hydroxyl groups excluding tert-OH is 1. The Kier molecular flexibility index (Phi) is 5.64. The van der Waals surface area contributed by atoms with Gasteiger partial charge >= 0.3 is 5.91 Å². The molecule has 1 aliphatic rings. The van der Waals surface area contributed by atoms with Crippen molar-refractivity contribution in [2.24, 2.45) is 0 Å². The highest BCUT2D eigenvalue weighted by molar-refractivity contribution is 7.14. The fourth-order valence-electron chi connectivity index (χ4n) is 3.34. The van der Waals surface area contributed by atoms with Crippen LogP contribution in [-0.2, 0) is 9.59 Å². The zero-order chi connectivity index (χ0) is 22.0. The minimum Gasteiger partial charge on any atom is -0.507 e. The van der Waals surface area contributed by atoms with Gasteiger partial charge in [-0.05, 0) is 42.0 Å². The highest BCUT2D eigenvalue weighted by Crippen LogP contribution is 2.42. The molecule has 1 fully saturated rings. The van der Waals surface area contributed by atoms with Crippen LogP contribution in [0.25, 0.3) is 5.76 Å². The summed E-state index contributed by atoms with van der Waals surface area (Å²) in [5, 5.41) is 13.0. The first-order valence-corrected chi connectivity index (χ1v) is 10.2. The van der Waals surface area contributed by atoms with Crippen LogP contribution in [0.15, 0.2) is 78.3 Å². The van der Waals surface area contributed by atoms with Gasteiger partial charge < -0.3 is 9.84 Å². The molecular weight excluding hydrogens is 419 g/mol. The van der Waals surface area contributed by atoms with Gasteiger partial charge in [0.25, 0.3) is 5.78 Å². The summed E-state index contributed by atoms with van der Waals surface area (Å²) < 4.78 is 18.9. The third-order valence-electron chi connectivity index (χ3n) is 4.75. The first-order chi connectivity index (χ1) is 15.0. The fraction of sp³-hybridized carbons (Fsp3) is 0.0870. The summed E-state index contributed by atoms with van der Waals surface area (Å²) >= 11 is 1.19. The summed E-state index contributed by atoms with van der Waals surface area (Å²) in [5.41, 5.74) is 0.727. The number of ether oxygens (including phenoxy) is 1. The van der Waals surface area contributed by atoms with E-state index in [0.717, 1.165) is 0 Å². The Morgan fingerprint density at radius 2 is 1.90 bits per heavy atom. The number of carbonyl (C=O) groups is 2. The number of carbonyl (C=O) groups excluding carboxylic acids is 2. The number of amides is 1. The number of nitrogens with zero attached hydrogens (tertiary/aromatic N) is 2. The van der Waals surface area contributed by atoms with Crippen molar-refractivity contribution in [3.05, 3.63) is 95.3 Å². The summed E-state index contributed by atoms with van der Waals surface area (Å²) in [7, 11) is 0. The van der Waals surface area contributed by atoms with Crippen molar-refractivity contribution >= 4 is 33.9 Å². The Hall–Kier alpha value is -3.78. The van der Waals surface area contributed by atoms with Gasteiger partial charge in [-0.2, -0.15) is 0 Å². The fourth-order valence-corrected chi connectivity index (χ4v) is 4.01. The Morgan fingerprint density at radius 1 is 1.19 bits per heavy atom. The van der Waals surface area contributed by atoms with Gasteiger partial charge in [0.1, 0.15) is 23.9 Å². The molecule has 1 N–H and O–H groups in total. The lowest BCUT2D eigenvalue weighted by atomic mass is 9.95. The van der Waals surface area contributed by atoms with Gasteiger partial charge in [0.05, 0.1) is 11.6 Å². The number of anilines is 1. The molecule has 4 rings (SSSR count). The third kappa shape index (κ3) is 3.85. The van der Waals surface area contributed by atoms with Gasteiger partial charge in [0.15, 0.2) is 5.13 Å². The second-order valence-electron chi connectivity index (χ2n) is 6.66. The van der Waals surface area contributed by atoms with Gasteiger partial charge in [-0.25, -0.2) is 9.37 Å². The average Bonchev–Trinajstić information content (AvgIpc) is 3.40. The maximum absolute atomic E-state index is 13.5. The Labute approximate surface area is 181 Å². The molecule has 3 aromatic rings. The van der Waals surface area contributed by atoms with Crippen LogP contribution < -0.4 is 9.64 Å². The van der Waals surface area contributed by atoms with Crippen molar-refractivity contribution in [3.63, 3.8) is 0 Å². The van der Waals surface area contributed by atoms with Gasteiger partial charge in [0, 0.05) is 17.1 Å². The van der Waals surface area contributed by atoms with Crippen LogP contribution in [0.4, 0.5) is 9.52 Å². The van der Waals surface area contributed by atoms with Crippen molar-refractivity contribution in [1.29, 1.82) is 0 Å². The van der Waals surface area contributed by atoms with E-state index >= 15 is 0 Å². The predicted octanol–water partition coefficient (Wildman–Crippen LogP) is 4.47. The van der Waals surface area contributed by atoms with E-state index in [0.29, 0.717) is 28.6 Å². The number of thiazole rings is 1. The zero-order valence-corrected chi connectivity index (χ0v) is 17.0. The molecule has 2 heterocycles. The molecule has 1 aliphatic heterocycles. The average molecular weight is 436 g/mol. The predicted molar refractivity (Wildman–Crippen MR) is 115 cm³/mol. The highest BCUT2D eigenvalue weighted by atomic mass is 32.1. The minimum atomic E-state index is -0.941. The summed E-state index contributed by atoms with van der Waals surface area (Å²) in [5.74, 6) is -1.87. The van der Waals surface area contributed by atoms with Crippen molar-refractivity contribution in [1.82, 2.24) is 4.98 Å². The van der Waals surface area contributed by atoms with E-state index in [1.807, 2.05) is 0 Å². The minimum absolute atomic E-state index is 0.0911. The highest BCUT2D eigenvalue weighted by Gasteiger charge is 2.47. The van der Waals surface area contributed by atoms with E-state index in [9.17, 15) is 19.1 Å². The first-order valence-electron chi connectivity index (χ1n) is 9.31. The van der Waals surface area contributed by atoms with Crippen LogP contribution in [-0.4, -0.2) is 28.4 Å². The topological polar surface area (TPSA) is 79.7 Å². The van der Waals surface area contributed by atoms with E-state index in [2.05, 4.69) is 11.6 Å². The summed E-state index contributed by atoms with van der Waals surface area (Å²) in [6.45, 7) is 3.91. The number of Topliss-reactive ketones (excluding diaryl/α,β-unsaturated/α-hetero) is 1. The van der Waals surface area contributed by atoms with Crippen LogP contribution in [0.1, 0.15) is 17.2 Å². The quantitative estimate of drug-likeness (QED) is 0.267. The van der Waals surface area contributed by atoms with Crippen LogP contribution in [0.2, 0.25) is 0 Å². The maximum atomic E-state index is 13.5. The molecule has 6 nitrogen and oxygen atoms in total. The molecule has 2 aromatic carbocycles. The number of aromatic nitrogens is 1. The standard InChI is InChI=1S/C23H17FN2O4S/c1-2-12-30-17-9-5-15(6-10-17)20(27)18-19(14-3-7-16(24)8-4-14)26(22(29)21(18)28)23-25-11-13-31-23/h2-11,13,19,27H,1,12H2. The monoisotopic (exact) mass is 436 g/mol. The lowest BCUT2D eigenvalue weighted by Crippen LogP contribution is -2.29. The normalized spacial score (nSPS) is 17.7. The molecular formula is C23H17FN2O4S. The summed E-state index contributed by atoms with van der Waals surface area (Å²) in [4.78, 5) is 31.2. The van der Waals surface area contributed by atoms with Gasteiger partial charge in [-0.15, -0.1) is 11.3 Å². The van der Waals surface area contributed by atoms with Crippen LogP contribution in [0, 0.1) is 5.82 Å². The number of benzene rings is 2. The number of aliphatic hydroxyl groups is 1. The summed E-state index contributed by atoms with van der Waals surface area (Å²) in [6.07, 6.45) is 3.12. The molecule has 1 amide bonds. The third-order valence-corrected chi connectivity index (χ3v) is 5.52. The molecule has 1 unspecified atom stereocenters. The summed E-state index contributed by atoms with van der Waals surface area (Å²) in [6, 6.07) is 11.0. The van der Waals surface area contributed by atoms with E-state index in [4.69, 9.17) is 4.74 Å². The van der Waals surface area contributed by atoms with Crippen molar-refractivity contribution < 1.29 is 23.8 Å². The van der Waals surface area contributed by atoms with Crippen molar-refractivity contribution in [2.75, 3.05) is 11.5 Å². The van der Waals surface area contributed by atoms with Crippen LogP contribution in [0.5, 0.6) is 5.75 Å². The SMILES string of the molecule is C=CCOc1ccc(C(O)=C2C(=O)C(=O)N(c3nccs3)C2c2ccc(F)cc2)cc1. The van der Waals surface area contributed by atoms with E-state index in [1.165, 1.54) is 46.7 Å². The molecule has 0 radical (unpaired) electrons. The largest absolute Gasteiger partial charge is 0.507 e. The number of rotatable bonds is 6. The number of halogens is 1. The molecule has 1 aromatic heterocycles. The molecule has 156 valence electrons. The van der Waals surface area contributed by atoms with Gasteiger partial charge in [-0.3, -0.25) is 14.5 Å². The lowest BCUT2D eigenvalue weighted by molar-refractivity contribution is -0.132. The van der Waals surface area contributed by atoms with Gasteiger partial charge in [-0.1, -0.05) is 24.8 Å². The lowest BCUT2D eigenvalue weighted by Gasteiger charge is -2.23. The van der Waals surface area contributed by atoms with Gasteiger partial charge in [0.2, 0.25) is 0 Å². The second kappa shape index (κ2) is 8.53. The molecule has 0 spiro atoms. The molecule has 1 atom stereocenters. The smallest absolute Gasteiger partial charge is 0.301 e. The first kappa shape index (κ1) is 20.5. The molecule has 31 heavy (non-hydrogen) atoms. The molecule has 1 saturated heterocycles. The Morgan fingerprint density at radius 3 is 2.52 bits per heavy atom. The Balaban J connectivity index is 1.83. The maximum Gasteiger partial charge on any atom is 0.301 e. The molecule has 0 aliphatic carbocycles. The van der Waals surface area contributed by atoms with Crippen molar-refractivity contribution in [2.45, 2.75) is 6.04 Å². The molecule has 0 saturated carbocycles. The molecule has 8 heteroatoms. The van der Waals surface area contributed by atoms with E-state index in [1.54, 1.807) is 35.7 Å². The molecule has 0 bridgehead atoms. The number of hydrogen-bond acceptors (Lipinski definition) is 6. The van der Waals surface area contributed by atoms with E-state index < -0.39 is 23.5 Å².